The van der Waals surface area contributed by atoms with E-state index in [4.69, 9.17) is 23.2 Å². The Kier molecular flexibility index (Phi) is 6.19. The maximum absolute atomic E-state index is 12.5. The highest BCUT2D eigenvalue weighted by Crippen LogP contribution is 2.25. The van der Waals surface area contributed by atoms with Gasteiger partial charge in [-0.25, -0.2) is 0 Å². The largest absolute Gasteiger partial charge is 0.339 e. The zero-order chi connectivity index (χ0) is 14.5. The number of halogens is 3. The van der Waals surface area contributed by atoms with E-state index >= 15 is 0 Å². The molecule has 2 nitrogen and oxygen atoms in total. The van der Waals surface area contributed by atoms with E-state index < -0.39 is 0 Å². The second-order valence-corrected chi connectivity index (χ2v) is 6.75. The predicted octanol–water partition coefficient (Wildman–Crippen LogP) is 4.70. The van der Waals surface area contributed by atoms with Crippen molar-refractivity contribution in [1.82, 2.24) is 4.90 Å². The quantitative estimate of drug-likeness (QED) is 0.695. The second kappa shape index (κ2) is 7.67. The van der Waals surface area contributed by atoms with Gasteiger partial charge in [0.05, 0.1) is 16.5 Å². The number of alkyl halides is 1. The average Bonchev–Trinajstić information content (AvgIpc) is 2.44. The molecule has 2 rings (SSSR count). The Morgan fingerprint density at radius 2 is 2.10 bits per heavy atom. The van der Waals surface area contributed by atoms with Gasteiger partial charge in [0.15, 0.2) is 0 Å². The van der Waals surface area contributed by atoms with Crippen LogP contribution in [0.3, 0.4) is 0 Å². The van der Waals surface area contributed by atoms with E-state index in [0.717, 1.165) is 36.7 Å². The summed E-state index contributed by atoms with van der Waals surface area (Å²) < 4.78 is 0. The van der Waals surface area contributed by atoms with Crippen molar-refractivity contribution in [2.24, 2.45) is 0 Å². The number of carbonyl (C=O) groups is 1. The molecule has 1 atom stereocenters. The van der Waals surface area contributed by atoms with E-state index in [-0.39, 0.29) is 5.91 Å². The lowest BCUT2D eigenvalue weighted by molar-refractivity contribution is -0.134. The van der Waals surface area contributed by atoms with Crippen molar-refractivity contribution < 1.29 is 4.79 Å². The summed E-state index contributed by atoms with van der Waals surface area (Å²) in [6, 6.07) is 5.78. The standard InChI is InChI=1S/C15H18BrCl2NO/c16-7-6-12-3-1-2-8-19(12)15(20)10-11-4-5-13(17)14(18)9-11/h4-5,9,12H,1-3,6-8,10H2. The zero-order valence-corrected chi connectivity index (χ0v) is 14.3. The Bertz CT molecular complexity index is 479. The molecule has 0 aromatic heterocycles. The smallest absolute Gasteiger partial charge is 0.227 e. The van der Waals surface area contributed by atoms with Crippen LogP contribution < -0.4 is 0 Å². The zero-order valence-electron chi connectivity index (χ0n) is 11.2. The van der Waals surface area contributed by atoms with Crippen LogP contribution in [0.15, 0.2) is 18.2 Å². The number of piperidine rings is 1. The van der Waals surface area contributed by atoms with Gasteiger partial charge < -0.3 is 4.90 Å². The van der Waals surface area contributed by atoms with Gasteiger partial charge in [-0.3, -0.25) is 4.79 Å². The fourth-order valence-corrected chi connectivity index (χ4v) is 3.53. The summed E-state index contributed by atoms with van der Waals surface area (Å²) in [5.41, 5.74) is 0.924. The van der Waals surface area contributed by atoms with Gasteiger partial charge in [0.1, 0.15) is 0 Å². The third kappa shape index (κ3) is 4.12. The topological polar surface area (TPSA) is 20.3 Å². The molecule has 1 aromatic rings. The average molecular weight is 379 g/mol. The Hall–Kier alpha value is -0.250. The summed E-state index contributed by atoms with van der Waals surface area (Å²) in [7, 11) is 0. The summed E-state index contributed by atoms with van der Waals surface area (Å²) in [4.78, 5) is 14.5. The molecule has 0 N–H and O–H groups in total. The SMILES string of the molecule is O=C(Cc1ccc(Cl)c(Cl)c1)N1CCCCC1CCBr. The minimum atomic E-state index is 0.189. The predicted molar refractivity (Wildman–Crippen MR) is 87.9 cm³/mol. The van der Waals surface area contributed by atoms with Crippen molar-refractivity contribution in [2.75, 3.05) is 11.9 Å². The Morgan fingerprint density at radius 1 is 1.30 bits per heavy atom. The van der Waals surface area contributed by atoms with E-state index in [1.165, 1.54) is 6.42 Å². The monoisotopic (exact) mass is 377 g/mol. The van der Waals surface area contributed by atoms with Gasteiger partial charge in [-0.05, 0) is 43.4 Å². The van der Waals surface area contributed by atoms with Crippen LogP contribution in [-0.4, -0.2) is 28.7 Å². The number of benzene rings is 1. The van der Waals surface area contributed by atoms with Crippen LogP contribution in [0.25, 0.3) is 0 Å². The fraction of sp³-hybridized carbons (Fsp3) is 0.533. The molecular weight excluding hydrogens is 361 g/mol. The van der Waals surface area contributed by atoms with E-state index in [9.17, 15) is 4.79 Å². The molecule has 0 spiro atoms. The number of likely N-dealkylation sites (tertiary alicyclic amines) is 1. The molecule has 0 radical (unpaired) electrons. The maximum Gasteiger partial charge on any atom is 0.227 e. The van der Waals surface area contributed by atoms with E-state index in [1.807, 2.05) is 11.0 Å². The van der Waals surface area contributed by atoms with Gasteiger partial charge in [-0.2, -0.15) is 0 Å². The third-order valence-electron chi connectivity index (χ3n) is 3.73. The Morgan fingerprint density at radius 3 is 2.80 bits per heavy atom. The minimum absolute atomic E-state index is 0.189. The number of hydrogen-bond donors (Lipinski definition) is 0. The summed E-state index contributed by atoms with van der Waals surface area (Å²) >= 11 is 15.4. The fourth-order valence-electron chi connectivity index (χ4n) is 2.68. The van der Waals surface area contributed by atoms with Gasteiger partial charge in [0.25, 0.3) is 0 Å². The molecule has 0 bridgehead atoms. The van der Waals surface area contributed by atoms with Crippen molar-refractivity contribution in [3.8, 4) is 0 Å². The third-order valence-corrected chi connectivity index (χ3v) is 4.93. The van der Waals surface area contributed by atoms with Crippen molar-refractivity contribution in [2.45, 2.75) is 38.1 Å². The van der Waals surface area contributed by atoms with Crippen LogP contribution >= 0.6 is 39.1 Å². The second-order valence-electron chi connectivity index (χ2n) is 5.14. The lowest BCUT2D eigenvalue weighted by Gasteiger charge is -2.35. The van der Waals surface area contributed by atoms with Crippen LogP contribution in [-0.2, 0) is 11.2 Å². The van der Waals surface area contributed by atoms with Gasteiger partial charge in [-0.15, -0.1) is 0 Å². The molecule has 1 aromatic carbocycles. The van der Waals surface area contributed by atoms with E-state index in [1.54, 1.807) is 12.1 Å². The van der Waals surface area contributed by atoms with Crippen molar-refractivity contribution in [3.05, 3.63) is 33.8 Å². The Labute approximate surface area is 138 Å². The summed E-state index contributed by atoms with van der Waals surface area (Å²) in [6.07, 6.45) is 4.85. The van der Waals surface area contributed by atoms with Crippen LogP contribution in [0, 0.1) is 0 Å². The first-order chi connectivity index (χ1) is 9.61. The van der Waals surface area contributed by atoms with Crippen molar-refractivity contribution in [3.63, 3.8) is 0 Å². The molecular formula is C15H18BrCl2NO. The summed E-state index contributed by atoms with van der Waals surface area (Å²) in [6.45, 7) is 0.873. The summed E-state index contributed by atoms with van der Waals surface area (Å²) in [5, 5.41) is 1.97. The number of nitrogens with zero attached hydrogens (tertiary/aromatic N) is 1. The highest BCUT2D eigenvalue weighted by Gasteiger charge is 2.25. The minimum Gasteiger partial charge on any atom is -0.339 e. The molecule has 1 saturated heterocycles. The molecule has 1 unspecified atom stereocenters. The first-order valence-corrected chi connectivity index (χ1v) is 8.79. The van der Waals surface area contributed by atoms with Gasteiger partial charge in [0.2, 0.25) is 5.91 Å². The van der Waals surface area contributed by atoms with Crippen LogP contribution in [0.2, 0.25) is 10.0 Å². The summed E-state index contributed by atoms with van der Waals surface area (Å²) in [5.74, 6) is 0.189. The van der Waals surface area contributed by atoms with E-state index in [0.29, 0.717) is 22.5 Å². The van der Waals surface area contributed by atoms with Crippen LogP contribution in [0.4, 0.5) is 0 Å². The van der Waals surface area contributed by atoms with Crippen molar-refractivity contribution in [1.29, 1.82) is 0 Å². The molecule has 20 heavy (non-hydrogen) atoms. The molecule has 1 heterocycles. The normalized spacial score (nSPS) is 19.1. The highest BCUT2D eigenvalue weighted by molar-refractivity contribution is 9.09. The number of amides is 1. The lowest BCUT2D eigenvalue weighted by atomic mass is 9.99. The molecule has 5 heteroatoms. The van der Waals surface area contributed by atoms with Gasteiger partial charge in [-0.1, -0.05) is 45.2 Å². The van der Waals surface area contributed by atoms with Gasteiger partial charge in [0, 0.05) is 17.9 Å². The highest BCUT2D eigenvalue weighted by atomic mass is 79.9. The number of carbonyl (C=O) groups excluding carboxylic acids is 1. The number of hydrogen-bond acceptors (Lipinski definition) is 1. The van der Waals surface area contributed by atoms with Crippen LogP contribution in [0.5, 0.6) is 0 Å². The number of rotatable bonds is 4. The molecule has 1 amide bonds. The lowest BCUT2D eigenvalue weighted by Crippen LogP contribution is -2.44. The van der Waals surface area contributed by atoms with Crippen molar-refractivity contribution >= 4 is 45.0 Å². The van der Waals surface area contributed by atoms with E-state index in [2.05, 4.69) is 15.9 Å². The molecule has 1 aliphatic rings. The molecule has 1 aliphatic heterocycles. The molecule has 1 fully saturated rings. The first-order valence-electron chi connectivity index (χ1n) is 6.91. The first kappa shape index (κ1) is 16.1. The van der Waals surface area contributed by atoms with Gasteiger partial charge >= 0.3 is 0 Å². The molecule has 110 valence electrons. The molecule has 0 saturated carbocycles. The maximum atomic E-state index is 12.5. The van der Waals surface area contributed by atoms with Crippen LogP contribution in [0.1, 0.15) is 31.2 Å². The Balaban J connectivity index is 2.03. The molecule has 0 aliphatic carbocycles.